The fourth-order valence-electron chi connectivity index (χ4n) is 3.76. The average molecular weight is 422 g/mol. The lowest BCUT2D eigenvalue weighted by Gasteiger charge is -2.27. The molecule has 6 nitrogen and oxygen atoms in total. The Morgan fingerprint density at radius 1 is 1.10 bits per heavy atom. The van der Waals surface area contributed by atoms with E-state index in [9.17, 15) is 27.8 Å². The van der Waals surface area contributed by atoms with Gasteiger partial charge in [0, 0.05) is 34.8 Å². The topological polar surface area (TPSA) is 91.2 Å². The van der Waals surface area contributed by atoms with Crippen LogP contribution >= 0.6 is 0 Å². The zero-order valence-corrected chi connectivity index (χ0v) is 15.6. The first-order valence-corrected chi connectivity index (χ1v) is 9.39. The summed E-state index contributed by atoms with van der Waals surface area (Å²) in [6.45, 7) is 0. The van der Waals surface area contributed by atoms with Crippen molar-refractivity contribution in [3.05, 3.63) is 42.0 Å². The molecular formula is C20H18F4N4O2. The molecule has 3 N–H and O–H groups in total. The molecule has 2 heterocycles. The summed E-state index contributed by atoms with van der Waals surface area (Å²) in [5, 5.41) is 32.4. The van der Waals surface area contributed by atoms with Gasteiger partial charge >= 0.3 is 6.18 Å². The summed E-state index contributed by atoms with van der Waals surface area (Å²) >= 11 is 0. The number of benzene rings is 1. The number of aliphatic hydroxyl groups is 1. The van der Waals surface area contributed by atoms with Crippen LogP contribution in [0, 0.1) is 5.82 Å². The predicted octanol–water partition coefficient (Wildman–Crippen LogP) is 4.27. The van der Waals surface area contributed by atoms with Crippen molar-refractivity contribution in [1.82, 2.24) is 15.2 Å². The van der Waals surface area contributed by atoms with Gasteiger partial charge in [0.15, 0.2) is 5.82 Å². The normalized spacial score (nSPS) is 19.8. The molecule has 2 atom stereocenters. The molecule has 2 aromatic heterocycles. The van der Waals surface area contributed by atoms with E-state index in [1.807, 2.05) is 0 Å². The van der Waals surface area contributed by atoms with Crippen molar-refractivity contribution in [2.24, 2.45) is 0 Å². The van der Waals surface area contributed by atoms with E-state index in [-0.39, 0.29) is 17.3 Å². The molecule has 0 amide bonds. The Balaban J connectivity index is 1.78. The third kappa shape index (κ3) is 3.87. The van der Waals surface area contributed by atoms with Gasteiger partial charge in [-0.15, -0.1) is 10.2 Å². The number of aromatic hydroxyl groups is 1. The van der Waals surface area contributed by atoms with Gasteiger partial charge in [-0.25, -0.2) is 4.39 Å². The van der Waals surface area contributed by atoms with E-state index in [1.165, 1.54) is 12.4 Å². The molecule has 30 heavy (non-hydrogen) atoms. The van der Waals surface area contributed by atoms with Gasteiger partial charge in [0.05, 0.1) is 11.7 Å². The van der Waals surface area contributed by atoms with E-state index in [0.29, 0.717) is 35.1 Å². The summed E-state index contributed by atoms with van der Waals surface area (Å²) in [6, 6.07) is 2.49. The van der Waals surface area contributed by atoms with Crippen molar-refractivity contribution in [2.75, 3.05) is 5.32 Å². The fraction of sp³-hybridized carbons (Fsp3) is 0.350. The Bertz CT molecular complexity index is 1090. The number of hydrogen-bond acceptors (Lipinski definition) is 6. The molecule has 1 aliphatic rings. The molecule has 1 saturated carbocycles. The lowest BCUT2D eigenvalue weighted by molar-refractivity contribution is -0.140. The minimum absolute atomic E-state index is 0.0192. The minimum Gasteiger partial charge on any atom is -0.507 e. The van der Waals surface area contributed by atoms with Gasteiger partial charge in [0.1, 0.15) is 17.3 Å². The number of phenolic OH excluding ortho intramolecular Hbond substituents is 1. The quantitative estimate of drug-likeness (QED) is 0.546. The zero-order valence-electron chi connectivity index (χ0n) is 15.6. The second-order valence-corrected chi connectivity index (χ2v) is 7.33. The monoisotopic (exact) mass is 422 g/mol. The highest BCUT2D eigenvalue weighted by Gasteiger charge is 2.35. The van der Waals surface area contributed by atoms with E-state index in [0.717, 1.165) is 19.3 Å². The summed E-state index contributed by atoms with van der Waals surface area (Å²) in [7, 11) is 0. The van der Waals surface area contributed by atoms with Crippen LogP contribution in [0.3, 0.4) is 0 Å². The first kappa shape index (κ1) is 20.3. The molecule has 0 radical (unpaired) electrons. The lowest BCUT2D eigenvalue weighted by Crippen LogP contribution is -2.30. The van der Waals surface area contributed by atoms with E-state index < -0.39 is 29.4 Å². The summed E-state index contributed by atoms with van der Waals surface area (Å²) in [4.78, 5) is 4.06. The first-order valence-electron chi connectivity index (χ1n) is 9.39. The van der Waals surface area contributed by atoms with E-state index in [4.69, 9.17) is 0 Å². The molecule has 0 aliphatic heterocycles. The molecule has 0 bridgehead atoms. The fourth-order valence-corrected chi connectivity index (χ4v) is 3.76. The van der Waals surface area contributed by atoms with E-state index >= 15 is 0 Å². The summed E-state index contributed by atoms with van der Waals surface area (Å²) in [6.07, 6.45) is 0.619. The number of hydrogen-bond donors (Lipinski definition) is 3. The number of anilines is 1. The number of halogens is 4. The van der Waals surface area contributed by atoms with Crippen molar-refractivity contribution in [3.8, 4) is 17.0 Å². The molecule has 1 aromatic carbocycles. The number of aliphatic hydroxyl groups excluding tert-OH is 1. The van der Waals surface area contributed by atoms with Crippen molar-refractivity contribution in [2.45, 2.75) is 44.0 Å². The molecule has 158 valence electrons. The lowest BCUT2D eigenvalue weighted by atomic mass is 9.93. The van der Waals surface area contributed by atoms with Crippen molar-refractivity contribution in [3.63, 3.8) is 0 Å². The van der Waals surface area contributed by atoms with Gasteiger partial charge in [-0.3, -0.25) is 4.98 Å². The maximum atomic E-state index is 14.1. The maximum absolute atomic E-state index is 14.1. The molecule has 1 aliphatic carbocycles. The van der Waals surface area contributed by atoms with Crippen LogP contribution in [0.15, 0.2) is 30.6 Å². The van der Waals surface area contributed by atoms with Crippen LogP contribution in [-0.4, -0.2) is 37.5 Å². The number of nitrogens with one attached hydrogen (secondary N) is 1. The van der Waals surface area contributed by atoms with Crippen LogP contribution < -0.4 is 5.32 Å². The van der Waals surface area contributed by atoms with Crippen molar-refractivity contribution < 1.29 is 27.8 Å². The van der Waals surface area contributed by atoms with E-state index in [2.05, 4.69) is 20.5 Å². The maximum Gasteiger partial charge on any atom is 0.419 e. The average Bonchev–Trinajstić information content (AvgIpc) is 2.69. The number of nitrogens with zero attached hydrogens (tertiary/aromatic N) is 3. The highest BCUT2D eigenvalue weighted by Crippen LogP contribution is 2.40. The van der Waals surface area contributed by atoms with Gasteiger partial charge < -0.3 is 15.5 Å². The summed E-state index contributed by atoms with van der Waals surface area (Å²) < 4.78 is 52.8. The predicted molar refractivity (Wildman–Crippen MR) is 101 cm³/mol. The second kappa shape index (κ2) is 7.67. The van der Waals surface area contributed by atoms with Crippen LogP contribution in [-0.2, 0) is 6.18 Å². The van der Waals surface area contributed by atoms with Crippen LogP contribution in [0.2, 0.25) is 0 Å². The SMILES string of the molecule is Oc1cc(C(F)(F)F)c(F)cc1-c1nnc(N[C@@H]2CCC[C@H](O)C2)c2cnccc12. The van der Waals surface area contributed by atoms with Gasteiger partial charge in [-0.05, 0) is 43.9 Å². The number of rotatable bonds is 3. The minimum atomic E-state index is -4.93. The third-order valence-electron chi connectivity index (χ3n) is 5.21. The van der Waals surface area contributed by atoms with Gasteiger partial charge in [0.2, 0.25) is 0 Å². The Morgan fingerprint density at radius 3 is 2.63 bits per heavy atom. The number of pyridine rings is 1. The summed E-state index contributed by atoms with van der Waals surface area (Å²) in [5.74, 6) is -1.88. The van der Waals surface area contributed by atoms with Crippen LogP contribution in [0.1, 0.15) is 31.2 Å². The van der Waals surface area contributed by atoms with Crippen LogP contribution in [0.4, 0.5) is 23.4 Å². The zero-order chi connectivity index (χ0) is 21.5. The largest absolute Gasteiger partial charge is 0.507 e. The third-order valence-corrected chi connectivity index (χ3v) is 5.21. The Labute approximate surface area is 168 Å². The smallest absolute Gasteiger partial charge is 0.419 e. The molecular weight excluding hydrogens is 404 g/mol. The standard InChI is InChI=1S/C20H18F4N4O2/c21-16-7-13(17(30)8-15(16)20(22,23)24)18-12-4-5-25-9-14(12)19(28-27-18)26-10-2-1-3-11(29)6-10/h4-5,7-11,29-30H,1-3,6H2,(H,26,28)/t10-,11+/m1/s1. The molecule has 0 unspecified atom stereocenters. The molecule has 1 fully saturated rings. The van der Waals surface area contributed by atoms with Crippen molar-refractivity contribution >= 4 is 16.6 Å². The Hall–Kier alpha value is -3.01. The first-order chi connectivity index (χ1) is 14.2. The molecule has 3 aromatic rings. The second-order valence-electron chi connectivity index (χ2n) is 7.33. The van der Waals surface area contributed by atoms with Gasteiger partial charge in [0.25, 0.3) is 0 Å². The van der Waals surface area contributed by atoms with E-state index in [1.54, 1.807) is 6.07 Å². The summed E-state index contributed by atoms with van der Waals surface area (Å²) in [5.41, 5.74) is -1.73. The number of fused-ring (bicyclic) bond motifs is 1. The highest BCUT2D eigenvalue weighted by molar-refractivity contribution is 6.00. The molecule has 0 spiro atoms. The molecule has 10 heteroatoms. The highest BCUT2D eigenvalue weighted by atomic mass is 19.4. The van der Waals surface area contributed by atoms with Crippen LogP contribution in [0.5, 0.6) is 5.75 Å². The Kier molecular flexibility index (Phi) is 5.19. The van der Waals surface area contributed by atoms with Gasteiger partial charge in [-0.2, -0.15) is 13.2 Å². The van der Waals surface area contributed by atoms with Gasteiger partial charge in [-0.1, -0.05) is 0 Å². The molecule has 4 rings (SSSR count). The van der Waals surface area contributed by atoms with Crippen molar-refractivity contribution in [1.29, 1.82) is 0 Å². The number of phenols is 1. The molecule has 0 saturated heterocycles. The van der Waals surface area contributed by atoms with Crippen LogP contribution in [0.25, 0.3) is 22.0 Å². The Morgan fingerprint density at radius 2 is 1.90 bits per heavy atom. The number of alkyl halides is 3. The number of aromatic nitrogens is 3.